The van der Waals surface area contributed by atoms with E-state index in [0.717, 1.165) is 30.6 Å². The fraction of sp³-hybridized carbons (Fsp3) is 0.500. The number of unbranched alkanes of at least 4 members (excludes halogenated alkanes) is 4. The standard InChI is InChI=1S/C16H24O2S/c1-2-3-4-5-6-8-13-16(14-17)19(18)15-11-9-7-10-12-15/h2,7,9-12,16-17H,1,3-6,8,13-14H2. The number of hydrogen-bond donors (Lipinski definition) is 1. The maximum atomic E-state index is 12.3. The SMILES string of the molecule is C=CCCCCCCC(CO)S(=O)c1ccccc1. The Labute approximate surface area is 119 Å². The second-order valence-corrected chi connectivity index (χ2v) is 6.43. The first-order valence-electron chi connectivity index (χ1n) is 6.97. The highest BCUT2D eigenvalue weighted by molar-refractivity contribution is 7.85. The van der Waals surface area contributed by atoms with Crippen LogP contribution in [0.2, 0.25) is 0 Å². The van der Waals surface area contributed by atoms with Gasteiger partial charge in [-0.3, -0.25) is 4.21 Å². The number of rotatable bonds is 10. The van der Waals surface area contributed by atoms with Crippen LogP contribution in [0.3, 0.4) is 0 Å². The summed E-state index contributed by atoms with van der Waals surface area (Å²) in [6, 6.07) is 9.41. The van der Waals surface area contributed by atoms with Crippen LogP contribution in [-0.2, 0) is 10.8 Å². The van der Waals surface area contributed by atoms with E-state index < -0.39 is 10.8 Å². The van der Waals surface area contributed by atoms with E-state index in [1.165, 1.54) is 12.8 Å². The Balaban J connectivity index is 2.33. The molecule has 0 radical (unpaired) electrons. The van der Waals surface area contributed by atoms with Crippen molar-refractivity contribution >= 4 is 10.8 Å². The predicted octanol–water partition coefficient (Wildman–Crippen LogP) is 3.68. The van der Waals surface area contributed by atoms with Crippen LogP contribution in [0.4, 0.5) is 0 Å². The number of hydrogen-bond acceptors (Lipinski definition) is 2. The topological polar surface area (TPSA) is 37.3 Å². The zero-order valence-electron chi connectivity index (χ0n) is 11.5. The smallest absolute Gasteiger partial charge is 0.0625 e. The molecule has 106 valence electrons. The summed E-state index contributed by atoms with van der Waals surface area (Å²) < 4.78 is 12.3. The number of aliphatic hydroxyl groups is 1. The summed E-state index contributed by atoms with van der Waals surface area (Å²) in [5.41, 5.74) is 0. The molecule has 1 N–H and O–H groups in total. The van der Waals surface area contributed by atoms with E-state index >= 15 is 0 Å². The maximum absolute atomic E-state index is 12.3. The van der Waals surface area contributed by atoms with Crippen molar-refractivity contribution < 1.29 is 9.32 Å². The summed E-state index contributed by atoms with van der Waals surface area (Å²) in [4.78, 5) is 0.813. The van der Waals surface area contributed by atoms with Crippen molar-refractivity contribution in [1.82, 2.24) is 0 Å². The van der Waals surface area contributed by atoms with Crippen LogP contribution in [0.15, 0.2) is 47.9 Å². The van der Waals surface area contributed by atoms with Crippen LogP contribution in [0, 0.1) is 0 Å². The summed E-state index contributed by atoms with van der Waals surface area (Å²) in [7, 11) is -1.10. The summed E-state index contributed by atoms with van der Waals surface area (Å²) in [6.07, 6.45) is 8.36. The van der Waals surface area contributed by atoms with Crippen molar-refractivity contribution in [3.05, 3.63) is 43.0 Å². The van der Waals surface area contributed by atoms with Crippen molar-refractivity contribution in [2.75, 3.05) is 6.61 Å². The molecule has 0 bridgehead atoms. The molecule has 3 heteroatoms. The lowest BCUT2D eigenvalue weighted by Crippen LogP contribution is -2.19. The lowest BCUT2D eigenvalue weighted by Gasteiger charge is -2.13. The molecular formula is C16H24O2S. The molecule has 1 aromatic rings. The van der Waals surface area contributed by atoms with E-state index in [2.05, 4.69) is 6.58 Å². The monoisotopic (exact) mass is 280 g/mol. The highest BCUT2D eigenvalue weighted by Gasteiger charge is 2.16. The molecule has 0 amide bonds. The molecule has 0 saturated heterocycles. The van der Waals surface area contributed by atoms with E-state index in [1.807, 2.05) is 36.4 Å². The van der Waals surface area contributed by atoms with Crippen molar-refractivity contribution in [2.24, 2.45) is 0 Å². The van der Waals surface area contributed by atoms with Crippen LogP contribution < -0.4 is 0 Å². The van der Waals surface area contributed by atoms with Gasteiger partial charge in [0.25, 0.3) is 0 Å². The predicted molar refractivity (Wildman–Crippen MR) is 81.6 cm³/mol. The van der Waals surface area contributed by atoms with Gasteiger partial charge in [-0.25, -0.2) is 0 Å². The quantitative estimate of drug-likeness (QED) is 0.524. The average Bonchev–Trinajstić information content (AvgIpc) is 2.47. The van der Waals surface area contributed by atoms with Crippen molar-refractivity contribution in [3.8, 4) is 0 Å². The zero-order chi connectivity index (χ0) is 13.9. The Morgan fingerprint density at radius 3 is 2.47 bits per heavy atom. The van der Waals surface area contributed by atoms with Gasteiger partial charge in [0, 0.05) is 4.90 Å². The Kier molecular flexibility index (Phi) is 8.43. The van der Waals surface area contributed by atoms with Gasteiger partial charge in [-0.15, -0.1) is 6.58 Å². The third-order valence-electron chi connectivity index (χ3n) is 3.17. The van der Waals surface area contributed by atoms with Gasteiger partial charge < -0.3 is 5.11 Å². The second-order valence-electron chi connectivity index (χ2n) is 4.70. The Morgan fingerprint density at radius 1 is 1.16 bits per heavy atom. The molecule has 19 heavy (non-hydrogen) atoms. The largest absolute Gasteiger partial charge is 0.395 e. The molecule has 0 heterocycles. The van der Waals surface area contributed by atoms with Crippen LogP contribution >= 0.6 is 0 Å². The molecule has 2 unspecified atom stereocenters. The molecule has 0 saturated carbocycles. The molecule has 2 nitrogen and oxygen atoms in total. The minimum atomic E-state index is -1.10. The minimum absolute atomic E-state index is 0.00579. The highest BCUT2D eigenvalue weighted by atomic mass is 32.2. The van der Waals surface area contributed by atoms with Gasteiger partial charge in [0.15, 0.2) is 0 Å². The molecule has 0 fully saturated rings. The highest BCUT2D eigenvalue weighted by Crippen LogP contribution is 2.16. The molecule has 0 aliphatic carbocycles. The minimum Gasteiger partial charge on any atom is -0.395 e. The molecule has 1 aromatic carbocycles. The van der Waals surface area contributed by atoms with E-state index in [9.17, 15) is 9.32 Å². The van der Waals surface area contributed by atoms with Gasteiger partial charge >= 0.3 is 0 Å². The van der Waals surface area contributed by atoms with Crippen LogP contribution in [0.5, 0.6) is 0 Å². The van der Waals surface area contributed by atoms with Crippen molar-refractivity contribution in [3.63, 3.8) is 0 Å². The lowest BCUT2D eigenvalue weighted by molar-refractivity contribution is 0.286. The first-order chi connectivity index (χ1) is 9.29. The molecule has 1 rings (SSSR count). The molecule has 0 aliphatic rings. The Hall–Kier alpha value is -0.930. The lowest BCUT2D eigenvalue weighted by atomic mass is 10.1. The average molecular weight is 280 g/mol. The van der Waals surface area contributed by atoms with E-state index in [1.54, 1.807) is 0 Å². The molecule has 0 spiro atoms. The number of benzene rings is 1. The number of aliphatic hydroxyl groups excluding tert-OH is 1. The van der Waals surface area contributed by atoms with Gasteiger partial charge in [0.1, 0.15) is 0 Å². The fourth-order valence-electron chi connectivity index (χ4n) is 2.03. The van der Waals surface area contributed by atoms with E-state index in [0.29, 0.717) is 0 Å². The summed E-state index contributed by atoms with van der Waals surface area (Å²) in [6.45, 7) is 3.70. The second kappa shape index (κ2) is 9.93. The summed E-state index contributed by atoms with van der Waals surface area (Å²) >= 11 is 0. The van der Waals surface area contributed by atoms with Crippen LogP contribution in [0.1, 0.15) is 38.5 Å². The Bertz CT molecular complexity index is 376. The van der Waals surface area contributed by atoms with Crippen molar-refractivity contribution in [1.29, 1.82) is 0 Å². The number of allylic oxidation sites excluding steroid dienone is 1. The van der Waals surface area contributed by atoms with Gasteiger partial charge in [0.2, 0.25) is 0 Å². The van der Waals surface area contributed by atoms with Crippen molar-refractivity contribution in [2.45, 2.75) is 48.7 Å². The third kappa shape index (κ3) is 6.17. The van der Waals surface area contributed by atoms with E-state index in [-0.39, 0.29) is 11.9 Å². The van der Waals surface area contributed by atoms with Gasteiger partial charge in [-0.1, -0.05) is 43.5 Å². The van der Waals surface area contributed by atoms with Crippen LogP contribution in [0.25, 0.3) is 0 Å². The first kappa shape index (κ1) is 16.1. The first-order valence-corrected chi connectivity index (χ1v) is 8.18. The molecule has 0 aliphatic heterocycles. The van der Waals surface area contributed by atoms with Gasteiger partial charge in [-0.05, 0) is 31.4 Å². The molecule has 2 atom stereocenters. The van der Waals surface area contributed by atoms with Gasteiger partial charge in [0.05, 0.1) is 22.7 Å². The Morgan fingerprint density at radius 2 is 1.84 bits per heavy atom. The third-order valence-corrected chi connectivity index (χ3v) is 4.89. The normalized spacial score (nSPS) is 13.9. The van der Waals surface area contributed by atoms with Crippen LogP contribution in [-0.4, -0.2) is 21.2 Å². The van der Waals surface area contributed by atoms with E-state index in [4.69, 9.17) is 0 Å². The zero-order valence-corrected chi connectivity index (χ0v) is 12.3. The fourth-order valence-corrected chi connectivity index (χ4v) is 3.35. The summed E-state index contributed by atoms with van der Waals surface area (Å²) in [5, 5.41) is 9.25. The molecular weight excluding hydrogens is 256 g/mol. The molecule has 0 aromatic heterocycles. The summed E-state index contributed by atoms with van der Waals surface area (Å²) in [5.74, 6) is 0. The maximum Gasteiger partial charge on any atom is 0.0625 e. The van der Waals surface area contributed by atoms with Gasteiger partial charge in [-0.2, -0.15) is 0 Å².